The second-order valence-electron chi connectivity index (χ2n) is 14.7. The number of nitrogens with zero attached hydrogens (tertiary/aromatic N) is 1. The Labute approximate surface area is 349 Å². The summed E-state index contributed by atoms with van der Waals surface area (Å²) in [5, 5.41) is 34.9. The molecule has 17 nitrogen and oxygen atoms in total. The van der Waals surface area contributed by atoms with Crippen LogP contribution < -0.4 is 38.1 Å². The molecule has 2 aromatic rings. The van der Waals surface area contributed by atoms with Crippen LogP contribution in [0, 0.1) is 0 Å². The standard InChI is InChI=1S/C41H59ClN8O9/c1-4-5-6-7-8-12-34(54)45-19-17-35(55)47-29(11-9-10-18-43)41(59)50(3)36-26-14-16-32(52)28(22-26)27-20-25(13-15-31(27)51)21-30(38(56)46-24(2)33(53)23-42)48-40(58)37(44)49-39(36)57/h13-16,20,22,24,29-30,36-37,51-52H,4-12,17-19,21,23,43-44H2,1-3H3,(H,45,54)(H,46,56)(H,47,55)(H,48,58)(H,49,57). The van der Waals surface area contributed by atoms with Gasteiger partial charge in [0.25, 0.3) is 5.91 Å². The Hall–Kier alpha value is -5.26. The number of Topliss-reactive ketones (excluding diaryl/α,β-unsaturated/α-hetero) is 1. The van der Waals surface area contributed by atoms with Crippen LogP contribution in [0.25, 0.3) is 11.1 Å². The van der Waals surface area contributed by atoms with Gasteiger partial charge in [-0.1, -0.05) is 44.7 Å². The molecule has 0 spiro atoms. The van der Waals surface area contributed by atoms with E-state index in [-0.39, 0.29) is 65.8 Å². The fourth-order valence-electron chi connectivity index (χ4n) is 6.61. The average Bonchev–Trinajstić information content (AvgIpc) is 3.20. The Morgan fingerprint density at radius 3 is 2.24 bits per heavy atom. The molecule has 0 saturated heterocycles. The van der Waals surface area contributed by atoms with E-state index >= 15 is 0 Å². The van der Waals surface area contributed by atoms with Crippen LogP contribution in [0.1, 0.15) is 95.2 Å². The Balaban J connectivity index is 1.96. The molecule has 3 rings (SSSR count). The van der Waals surface area contributed by atoms with Crippen molar-refractivity contribution in [2.75, 3.05) is 26.0 Å². The van der Waals surface area contributed by atoms with Crippen molar-refractivity contribution >= 4 is 52.8 Å². The Morgan fingerprint density at radius 1 is 0.881 bits per heavy atom. The van der Waals surface area contributed by atoms with Crippen molar-refractivity contribution < 1.29 is 43.8 Å². The van der Waals surface area contributed by atoms with Gasteiger partial charge in [0, 0.05) is 44.0 Å². The van der Waals surface area contributed by atoms with Crippen molar-refractivity contribution in [3.05, 3.63) is 47.5 Å². The molecule has 324 valence electrons. The number of rotatable bonds is 20. The van der Waals surface area contributed by atoms with Gasteiger partial charge in [-0.05, 0) is 74.5 Å². The highest BCUT2D eigenvalue weighted by atomic mass is 35.5. The van der Waals surface area contributed by atoms with Gasteiger partial charge in [0.15, 0.2) is 11.9 Å². The second kappa shape index (κ2) is 24.0. The largest absolute Gasteiger partial charge is 0.507 e. The number of phenolic OH excluding ortho intramolecular Hbond substituents is 2. The number of unbranched alkanes of at least 4 members (excludes halogenated alkanes) is 5. The zero-order valence-electron chi connectivity index (χ0n) is 34.0. The first-order chi connectivity index (χ1) is 28.1. The maximum atomic E-state index is 14.3. The average molecular weight is 843 g/mol. The van der Waals surface area contributed by atoms with Crippen LogP contribution >= 0.6 is 11.6 Å². The van der Waals surface area contributed by atoms with E-state index in [1.54, 1.807) is 0 Å². The lowest BCUT2D eigenvalue weighted by Gasteiger charge is -2.32. The summed E-state index contributed by atoms with van der Waals surface area (Å²) in [5.41, 5.74) is 12.6. The van der Waals surface area contributed by atoms with Gasteiger partial charge in [-0.3, -0.25) is 33.6 Å². The van der Waals surface area contributed by atoms with Crippen molar-refractivity contribution in [1.29, 1.82) is 0 Å². The fourth-order valence-corrected chi connectivity index (χ4v) is 6.84. The van der Waals surface area contributed by atoms with Crippen LogP contribution in [-0.2, 0) is 40.0 Å². The summed E-state index contributed by atoms with van der Waals surface area (Å²) in [7, 11) is 1.33. The number of hydrogen-bond acceptors (Lipinski definition) is 11. The number of fused-ring (bicyclic) bond motifs is 5. The normalized spacial score (nSPS) is 17.6. The number of ketones is 1. The molecule has 1 heterocycles. The molecule has 4 bridgehead atoms. The highest BCUT2D eigenvalue weighted by Gasteiger charge is 2.36. The zero-order chi connectivity index (χ0) is 43.6. The number of hydrogen-bond donors (Lipinski definition) is 9. The van der Waals surface area contributed by atoms with Crippen molar-refractivity contribution in [2.24, 2.45) is 11.5 Å². The first-order valence-corrected chi connectivity index (χ1v) is 20.6. The number of nitrogens with two attached hydrogens (primary N) is 2. The molecule has 0 aromatic heterocycles. The Bertz CT molecular complexity index is 1810. The lowest BCUT2D eigenvalue weighted by molar-refractivity contribution is -0.143. The van der Waals surface area contributed by atoms with Gasteiger partial charge in [0.1, 0.15) is 29.6 Å². The molecule has 1 aliphatic rings. The first kappa shape index (κ1) is 48.1. The van der Waals surface area contributed by atoms with Gasteiger partial charge in [0.2, 0.25) is 29.5 Å². The highest BCUT2D eigenvalue weighted by Crippen LogP contribution is 2.38. The molecule has 5 unspecified atom stereocenters. The number of benzene rings is 2. The first-order valence-electron chi connectivity index (χ1n) is 20.0. The third-order valence-corrected chi connectivity index (χ3v) is 10.3. The molecule has 0 saturated carbocycles. The number of aromatic hydroxyl groups is 2. The minimum Gasteiger partial charge on any atom is -0.507 e. The highest BCUT2D eigenvalue weighted by molar-refractivity contribution is 6.28. The number of amides is 6. The molecule has 18 heteroatoms. The predicted octanol–water partition coefficient (Wildman–Crippen LogP) is 1.50. The van der Waals surface area contributed by atoms with E-state index in [1.807, 2.05) is 0 Å². The van der Waals surface area contributed by atoms with Crippen LogP contribution in [0.2, 0.25) is 0 Å². The van der Waals surface area contributed by atoms with Crippen LogP contribution in [0.3, 0.4) is 0 Å². The van der Waals surface area contributed by atoms with Gasteiger partial charge in [0.05, 0.1) is 11.9 Å². The van der Waals surface area contributed by atoms with E-state index in [0.29, 0.717) is 31.4 Å². The van der Waals surface area contributed by atoms with E-state index in [0.717, 1.165) is 37.0 Å². The Kier molecular flexibility index (Phi) is 19.5. The monoisotopic (exact) mass is 842 g/mol. The fraction of sp³-hybridized carbons (Fsp3) is 0.537. The van der Waals surface area contributed by atoms with Gasteiger partial charge in [-0.15, -0.1) is 11.6 Å². The number of nitrogens with one attached hydrogen (secondary N) is 5. The molecule has 11 N–H and O–H groups in total. The molecule has 0 aliphatic carbocycles. The van der Waals surface area contributed by atoms with E-state index in [2.05, 4.69) is 33.5 Å². The van der Waals surface area contributed by atoms with Crippen molar-refractivity contribution in [1.82, 2.24) is 31.5 Å². The number of carbonyl (C=O) groups is 7. The Morgan fingerprint density at radius 2 is 1.56 bits per heavy atom. The lowest BCUT2D eigenvalue weighted by atomic mass is 9.93. The molecule has 0 radical (unpaired) electrons. The smallest absolute Gasteiger partial charge is 0.258 e. The molecule has 2 aromatic carbocycles. The number of halogens is 1. The third-order valence-electron chi connectivity index (χ3n) is 10.1. The van der Waals surface area contributed by atoms with E-state index in [1.165, 1.54) is 50.4 Å². The SMILES string of the molecule is CCCCCCCC(=O)NCCC(=O)NC(CCCCN)C(=O)N(C)C1C(=O)NC(N)C(=O)NC(C(=O)NC(C)C(=O)CCl)Cc2ccc(O)c(c2)-c2cc1ccc2O. The molecule has 6 amide bonds. The van der Waals surface area contributed by atoms with Crippen LogP contribution in [0.5, 0.6) is 11.5 Å². The van der Waals surface area contributed by atoms with E-state index in [9.17, 15) is 43.8 Å². The zero-order valence-corrected chi connectivity index (χ0v) is 34.7. The quantitative estimate of drug-likeness (QED) is 0.0681. The van der Waals surface area contributed by atoms with Crippen molar-refractivity contribution in [3.63, 3.8) is 0 Å². The van der Waals surface area contributed by atoms with Gasteiger partial charge in [-0.2, -0.15) is 0 Å². The number of likely N-dealkylation sites (N-methyl/N-ethyl adjacent to an activating group) is 1. The second-order valence-corrected chi connectivity index (χ2v) is 15.0. The summed E-state index contributed by atoms with van der Waals surface area (Å²) in [6, 6.07) is 3.42. The van der Waals surface area contributed by atoms with E-state index in [4.69, 9.17) is 23.1 Å². The third kappa shape index (κ3) is 14.5. The van der Waals surface area contributed by atoms with Gasteiger partial charge >= 0.3 is 0 Å². The summed E-state index contributed by atoms with van der Waals surface area (Å²) in [4.78, 5) is 94.0. The van der Waals surface area contributed by atoms with Crippen LogP contribution in [0.15, 0.2) is 36.4 Å². The van der Waals surface area contributed by atoms with E-state index < -0.39 is 65.7 Å². The van der Waals surface area contributed by atoms with Crippen LogP contribution in [0.4, 0.5) is 0 Å². The van der Waals surface area contributed by atoms with Crippen LogP contribution in [-0.4, -0.2) is 107 Å². The number of phenols is 2. The molecular formula is C41H59ClN8O9. The lowest BCUT2D eigenvalue weighted by Crippen LogP contribution is -2.60. The van der Waals surface area contributed by atoms with Crippen molar-refractivity contribution in [3.8, 4) is 22.6 Å². The number of carbonyl (C=O) groups excluding carboxylic acids is 7. The predicted molar refractivity (Wildman–Crippen MR) is 222 cm³/mol. The molecular weight excluding hydrogens is 784 g/mol. The van der Waals surface area contributed by atoms with Crippen molar-refractivity contribution in [2.45, 2.75) is 115 Å². The van der Waals surface area contributed by atoms with Gasteiger partial charge < -0.3 is 53.2 Å². The number of alkyl halides is 1. The maximum Gasteiger partial charge on any atom is 0.258 e. The summed E-state index contributed by atoms with van der Waals surface area (Å²) in [6.07, 6.45) is 4.43. The molecule has 59 heavy (non-hydrogen) atoms. The minimum atomic E-state index is -1.74. The summed E-state index contributed by atoms with van der Waals surface area (Å²) >= 11 is 5.66. The van der Waals surface area contributed by atoms with Gasteiger partial charge in [-0.25, -0.2) is 0 Å². The topological polar surface area (TPSA) is 275 Å². The molecule has 1 aliphatic heterocycles. The summed E-state index contributed by atoms with van der Waals surface area (Å²) in [6.45, 7) is 3.93. The maximum absolute atomic E-state index is 14.3. The molecule has 0 fully saturated rings. The summed E-state index contributed by atoms with van der Waals surface area (Å²) < 4.78 is 0. The molecule has 5 atom stereocenters. The summed E-state index contributed by atoms with van der Waals surface area (Å²) in [5.74, 6) is -5.41. The minimum absolute atomic E-state index is 0.0571.